The molecule has 1 heterocycles. The van der Waals surface area contributed by atoms with Crippen LogP contribution < -0.4 is 10.2 Å². The van der Waals surface area contributed by atoms with Crippen molar-refractivity contribution >= 4 is 10.8 Å². The van der Waals surface area contributed by atoms with Crippen molar-refractivity contribution in [3.63, 3.8) is 0 Å². The minimum atomic E-state index is -0.906. The Kier molecular flexibility index (Phi) is 8.26. The maximum absolute atomic E-state index is 11.9. The molecule has 0 aliphatic rings. The number of hydrogen-bond acceptors (Lipinski definition) is 3. The average molecular weight is 299 g/mol. The van der Waals surface area contributed by atoms with Crippen LogP contribution in [0.4, 0.5) is 0 Å². The van der Waals surface area contributed by atoms with Crippen LogP contribution in [0, 0.1) is 0 Å². The summed E-state index contributed by atoms with van der Waals surface area (Å²) in [4.78, 5) is 14.8. The molecule has 0 aromatic carbocycles. The fourth-order valence-electron chi connectivity index (χ4n) is 1.84. The molecule has 0 aliphatic heterocycles. The first-order valence-corrected chi connectivity index (χ1v) is 8.85. The molecule has 0 saturated heterocycles. The van der Waals surface area contributed by atoms with Crippen LogP contribution in [0.15, 0.2) is 17.1 Å². The second kappa shape index (κ2) is 9.75. The quantitative estimate of drug-likeness (QED) is 0.676. The first-order chi connectivity index (χ1) is 9.67. The van der Waals surface area contributed by atoms with Crippen LogP contribution >= 0.6 is 0 Å². The van der Waals surface area contributed by atoms with Gasteiger partial charge in [-0.1, -0.05) is 33.1 Å². The Labute approximate surface area is 123 Å². The first-order valence-electron chi connectivity index (χ1n) is 7.36. The molecule has 0 spiro atoms. The molecule has 20 heavy (non-hydrogen) atoms. The average Bonchev–Trinajstić information content (AvgIpc) is 2.43. The van der Waals surface area contributed by atoms with Crippen molar-refractivity contribution in [2.24, 2.45) is 0 Å². The van der Waals surface area contributed by atoms with E-state index in [4.69, 9.17) is 4.74 Å². The van der Waals surface area contributed by atoms with Gasteiger partial charge in [0.25, 0.3) is 0 Å². The van der Waals surface area contributed by atoms with Crippen LogP contribution in [-0.2, 0) is 16.6 Å². The Morgan fingerprint density at radius 1 is 1.20 bits per heavy atom. The topological polar surface area (TPSA) is 59.2 Å². The van der Waals surface area contributed by atoms with Gasteiger partial charge in [0.15, 0.2) is 5.75 Å². The van der Waals surface area contributed by atoms with E-state index in [-0.39, 0.29) is 5.43 Å². The summed E-state index contributed by atoms with van der Waals surface area (Å²) in [7, 11) is -0.906. The standard InChI is InChI=1S/C15H25NO3S/c1-3-5-6-7-9-20(18)12-13-10-14(17)15(11-16-13)19-8-4-2/h10-11H,3-9,12H2,1-2H3,(H,16,17). The molecule has 4 nitrogen and oxygen atoms in total. The number of unbranched alkanes of at least 4 members (excludes halogenated alkanes) is 3. The summed E-state index contributed by atoms with van der Waals surface area (Å²) in [6.45, 7) is 4.68. The summed E-state index contributed by atoms with van der Waals surface area (Å²) >= 11 is 0. The Morgan fingerprint density at radius 3 is 2.65 bits per heavy atom. The van der Waals surface area contributed by atoms with E-state index in [0.717, 1.165) is 19.3 Å². The van der Waals surface area contributed by atoms with Crippen LogP contribution in [-0.4, -0.2) is 21.6 Å². The van der Waals surface area contributed by atoms with Gasteiger partial charge < -0.3 is 9.72 Å². The lowest BCUT2D eigenvalue weighted by molar-refractivity contribution is 0.313. The smallest absolute Gasteiger partial charge is 0.223 e. The molecule has 1 unspecified atom stereocenters. The molecule has 1 aromatic heterocycles. The third-order valence-corrected chi connectivity index (χ3v) is 4.32. The van der Waals surface area contributed by atoms with Gasteiger partial charge in [-0.2, -0.15) is 0 Å². The number of aromatic nitrogens is 1. The molecule has 0 amide bonds. The fraction of sp³-hybridized carbons (Fsp3) is 0.667. The zero-order chi connectivity index (χ0) is 14.8. The van der Waals surface area contributed by atoms with Gasteiger partial charge in [0.05, 0.1) is 12.4 Å². The van der Waals surface area contributed by atoms with E-state index in [1.807, 2.05) is 6.92 Å². The second-order valence-corrected chi connectivity index (χ2v) is 6.46. The predicted molar refractivity (Wildman–Crippen MR) is 83.7 cm³/mol. The maximum Gasteiger partial charge on any atom is 0.223 e. The van der Waals surface area contributed by atoms with E-state index in [1.165, 1.54) is 18.9 Å². The van der Waals surface area contributed by atoms with Crippen LogP contribution in [0.2, 0.25) is 0 Å². The number of ether oxygens (including phenoxy) is 1. The van der Waals surface area contributed by atoms with E-state index >= 15 is 0 Å². The van der Waals surface area contributed by atoms with Gasteiger partial charge in [-0.05, 0) is 12.8 Å². The fourth-order valence-corrected chi connectivity index (χ4v) is 3.03. The highest BCUT2D eigenvalue weighted by Crippen LogP contribution is 2.07. The lowest BCUT2D eigenvalue weighted by atomic mass is 10.2. The molecule has 1 N–H and O–H groups in total. The van der Waals surface area contributed by atoms with Crippen molar-refractivity contribution in [3.05, 3.63) is 28.2 Å². The summed E-state index contributed by atoms with van der Waals surface area (Å²) in [6, 6.07) is 1.49. The molecule has 5 heteroatoms. The molecular formula is C15H25NO3S. The SMILES string of the molecule is CCCCCCS(=O)Cc1cc(=O)c(OCCC)c[nH]1. The van der Waals surface area contributed by atoms with Gasteiger partial charge in [-0.15, -0.1) is 0 Å². The zero-order valence-electron chi connectivity index (χ0n) is 12.4. The second-order valence-electron chi connectivity index (χ2n) is 4.88. The Bertz CT molecular complexity index is 470. The minimum absolute atomic E-state index is 0.143. The third kappa shape index (κ3) is 6.37. The highest BCUT2D eigenvalue weighted by atomic mass is 32.2. The highest BCUT2D eigenvalue weighted by molar-refractivity contribution is 7.84. The van der Waals surface area contributed by atoms with Gasteiger partial charge in [-0.25, -0.2) is 0 Å². The van der Waals surface area contributed by atoms with E-state index in [0.29, 0.717) is 29.6 Å². The zero-order valence-corrected chi connectivity index (χ0v) is 13.3. The Balaban J connectivity index is 2.46. The van der Waals surface area contributed by atoms with Crippen molar-refractivity contribution in [1.29, 1.82) is 0 Å². The predicted octanol–water partition coefficient (Wildman–Crippen LogP) is 2.99. The van der Waals surface area contributed by atoms with Crippen molar-refractivity contribution in [2.75, 3.05) is 12.4 Å². The van der Waals surface area contributed by atoms with Crippen molar-refractivity contribution in [2.45, 2.75) is 51.7 Å². The molecule has 1 rings (SSSR count). The molecule has 0 saturated carbocycles. The van der Waals surface area contributed by atoms with E-state index in [2.05, 4.69) is 11.9 Å². The first kappa shape index (κ1) is 17.0. The number of pyridine rings is 1. The van der Waals surface area contributed by atoms with Crippen LogP contribution in [0.3, 0.4) is 0 Å². The van der Waals surface area contributed by atoms with Crippen molar-refractivity contribution < 1.29 is 8.95 Å². The highest BCUT2D eigenvalue weighted by Gasteiger charge is 2.06. The number of rotatable bonds is 10. The van der Waals surface area contributed by atoms with E-state index in [9.17, 15) is 9.00 Å². The third-order valence-electron chi connectivity index (χ3n) is 2.94. The van der Waals surface area contributed by atoms with Gasteiger partial charge in [-0.3, -0.25) is 9.00 Å². The van der Waals surface area contributed by atoms with Crippen LogP contribution in [0.25, 0.3) is 0 Å². The van der Waals surface area contributed by atoms with E-state index < -0.39 is 10.8 Å². The molecule has 0 radical (unpaired) electrons. The molecule has 0 bridgehead atoms. The molecule has 0 fully saturated rings. The number of aromatic amines is 1. The lowest BCUT2D eigenvalue weighted by Gasteiger charge is -2.06. The Morgan fingerprint density at radius 2 is 2.00 bits per heavy atom. The number of H-pyrrole nitrogens is 1. The van der Waals surface area contributed by atoms with Crippen molar-refractivity contribution in [3.8, 4) is 5.75 Å². The maximum atomic E-state index is 11.9. The summed E-state index contributed by atoms with van der Waals surface area (Å²) in [6.07, 6.45) is 6.92. The molecule has 0 aliphatic carbocycles. The van der Waals surface area contributed by atoms with Crippen molar-refractivity contribution in [1.82, 2.24) is 4.98 Å². The summed E-state index contributed by atoms with van der Waals surface area (Å²) in [5.41, 5.74) is 0.572. The molecule has 114 valence electrons. The van der Waals surface area contributed by atoms with E-state index in [1.54, 1.807) is 6.20 Å². The van der Waals surface area contributed by atoms with Gasteiger partial charge in [0.2, 0.25) is 5.43 Å². The normalized spacial score (nSPS) is 12.3. The lowest BCUT2D eigenvalue weighted by Crippen LogP contribution is -2.11. The van der Waals surface area contributed by atoms with Gasteiger partial charge in [0.1, 0.15) is 0 Å². The minimum Gasteiger partial charge on any atom is -0.488 e. The largest absolute Gasteiger partial charge is 0.488 e. The van der Waals surface area contributed by atoms with Gasteiger partial charge in [0, 0.05) is 34.5 Å². The summed E-state index contributed by atoms with van der Waals surface area (Å²) < 4.78 is 17.2. The summed E-state index contributed by atoms with van der Waals surface area (Å²) in [5, 5.41) is 0. The monoisotopic (exact) mass is 299 g/mol. The number of hydrogen-bond donors (Lipinski definition) is 1. The molecule has 1 aromatic rings. The van der Waals surface area contributed by atoms with Crippen LogP contribution in [0.1, 0.15) is 51.6 Å². The van der Waals surface area contributed by atoms with Gasteiger partial charge >= 0.3 is 0 Å². The Hall–Kier alpha value is -1.10. The molecular weight excluding hydrogens is 274 g/mol. The number of nitrogens with one attached hydrogen (secondary N) is 1. The molecule has 1 atom stereocenters. The van der Waals surface area contributed by atoms with Crippen LogP contribution in [0.5, 0.6) is 5.75 Å². The summed E-state index contributed by atoms with van der Waals surface area (Å²) in [5.74, 6) is 1.45.